The van der Waals surface area contributed by atoms with E-state index in [-0.39, 0.29) is 29.0 Å². The topological polar surface area (TPSA) is 84.0 Å². The number of H-pyrrole nitrogens is 1. The number of hydrogen-bond donors (Lipinski definition) is 2. The average molecular weight is 426 g/mol. The van der Waals surface area contributed by atoms with E-state index < -0.39 is 0 Å². The number of nitrogens with one attached hydrogen (secondary N) is 2. The summed E-state index contributed by atoms with van der Waals surface area (Å²) in [7, 11) is 0. The summed E-state index contributed by atoms with van der Waals surface area (Å²) >= 11 is 1.35. The van der Waals surface area contributed by atoms with Crippen LogP contribution in [0.4, 0.5) is 0 Å². The largest absolute Gasteiger partial charge is 0.356 e. The lowest BCUT2D eigenvalue weighted by Gasteiger charge is -2.28. The van der Waals surface area contributed by atoms with Gasteiger partial charge >= 0.3 is 5.69 Å². The Morgan fingerprint density at radius 2 is 1.87 bits per heavy atom. The first-order valence-electron chi connectivity index (χ1n) is 10.5. The molecule has 2 aromatic heterocycles. The van der Waals surface area contributed by atoms with Gasteiger partial charge in [0.05, 0.1) is 5.52 Å². The van der Waals surface area contributed by atoms with Crippen molar-refractivity contribution >= 4 is 27.5 Å². The van der Waals surface area contributed by atoms with E-state index in [0.29, 0.717) is 23.3 Å². The van der Waals surface area contributed by atoms with Crippen molar-refractivity contribution in [3.8, 4) is 0 Å². The fraction of sp³-hybridized carbons (Fsp3) is 0.435. The molecular formula is C23H27N3O3S. The Morgan fingerprint density at radius 3 is 2.60 bits per heavy atom. The summed E-state index contributed by atoms with van der Waals surface area (Å²) < 4.78 is 1.92. The smallest absolute Gasteiger partial charge is 0.328 e. The molecular weight excluding hydrogens is 398 g/mol. The molecule has 0 saturated heterocycles. The minimum atomic E-state index is -0.345. The van der Waals surface area contributed by atoms with Crippen LogP contribution in [0.3, 0.4) is 0 Å². The fourth-order valence-electron chi connectivity index (χ4n) is 4.23. The Kier molecular flexibility index (Phi) is 6.18. The van der Waals surface area contributed by atoms with E-state index >= 15 is 0 Å². The molecule has 3 aromatic rings. The minimum Gasteiger partial charge on any atom is -0.356 e. The van der Waals surface area contributed by atoms with Crippen LogP contribution in [0.15, 0.2) is 45.3 Å². The van der Waals surface area contributed by atoms with Gasteiger partial charge in [-0.2, -0.15) is 0 Å². The van der Waals surface area contributed by atoms with Crippen molar-refractivity contribution in [2.75, 3.05) is 6.54 Å². The average Bonchev–Trinajstić information content (AvgIpc) is 3.21. The predicted molar refractivity (Wildman–Crippen MR) is 120 cm³/mol. The van der Waals surface area contributed by atoms with E-state index in [4.69, 9.17) is 0 Å². The maximum atomic E-state index is 12.6. The van der Waals surface area contributed by atoms with Gasteiger partial charge in [-0.1, -0.05) is 29.8 Å². The van der Waals surface area contributed by atoms with Gasteiger partial charge in [-0.3, -0.25) is 14.2 Å². The first-order valence-corrected chi connectivity index (χ1v) is 11.4. The van der Waals surface area contributed by atoms with Crippen LogP contribution in [0.5, 0.6) is 0 Å². The molecule has 7 heteroatoms. The van der Waals surface area contributed by atoms with Gasteiger partial charge in [0.25, 0.3) is 5.56 Å². The van der Waals surface area contributed by atoms with E-state index in [1.54, 1.807) is 6.07 Å². The molecule has 0 spiro atoms. The number of benzene rings is 1. The molecule has 0 radical (unpaired) electrons. The lowest BCUT2D eigenvalue weighted by Crippen LogP contribution is -2.39. The zero-order chi connectivity index (χ0) is 21.1. The summed E-state index contributed by atoms with van der Waals surface area (Å²) in [5.74, 6) is 0.391. The zero-order valence-corrected chi connectivity index (χ0v) is 18.0. The molecule has 1 saturated carbocycles. The number of fused-ring (bicyclic) bond motifs is 1. The van der Waals surface area contributed by atoms with Gasteiger partial charge in [0, 0.05) is 19.0 Å². The van der Waals surface area contributed by atoms with Crippen LogP contribution in [-0.2, 0) is 17.8 Å². The van der Waals surface area contributed by atoms with Gasteiger partial charge in [-0.15, -0.1) is 11.3 Å². The molecule has 1 amide bonds. The van der Waals surface area contributed by atoms with Crippen LogP contribution < -0.4 is 16.6 Å². The van der Waals surface area contributed by atoms with Crippen LogP contribution >= 0.6 is 11.3 Å². The fourth-order valence-corrected chi connectivity index (χ4v) is 5.03. The molecule has 0 bridgehead atoms. The van der Waals surface area contributed by atoms with E-state index in [0.717, 1.165) is 32.1 Å². The highest BCUT2D eigenvalue weighted by Crippen LogP contribution is 2.29. The molecule has 1 aliphatic rings. The Balaban J connectivity index is 1.27. The monoisotopic (exact) mass is 425 g/mol. The third kappa shape index (κ3) is 4.56. The van der Waals surface area contributed by atoms with E-state index in [2.05, 4.69) is 41.5 Å². The summed E-state index contributed by atoms with van der Waals surface area (Å²) in [5, 5.41) is 4.88. The van der Waals surface area contributed by atoms with Crippen molar-refractivity contribution in [2.24, 2.45) is 11.8 Å². The first kappa shape index (κ1) is 20.6. The van der Waals surface area contributed by atoms with E-state index in [1.165, 1.54) is 27.0 Å². The zero-order valence-electron chi connectivity index (χ0n) is 17.1. The molecule has 2 heterocycles. The molecule has 6 nitrogen and oxygen atoms in total. The van der Waals surface area contributed by atoms with Gasteiger partial charge in [0.15, 0.2) is 0 Å². The number of amides is 1. The number of rotatable bonds is 6. The lowest BCUT2D eigenvalue weighted by atomic mass is 9.81. The number of nitrogens with zero attached hydrogens (tertiary/aromatic N) is 1. The second-order valence-electron chi connectivity index (χ2n) is 8.25. The molecule has 1 aromatic carbocycles. The number of carbonyl (C=O) groups is 1. The van der Waals surface area contributed by atoms with Crippen molar-refractivity contribution in [2.45, 2.75) is 45.6 Å². The van der Waals surface area contributed by atoms with Gasteiger partial charge in [-0.25, -0.2) is 4.79 Å². The number of aryl methyl sites for hydroxylation is 1. The number of thiophene rings is 1. The Hall–Kier alpha value is -2.67. The van der Waals surface area contributed by atoms with Gasteiger partial charge in [0.1, 0.15) is 4.70 Å². The minimum absolute atomic E-state index is 0.0223. The summed E-state index contributed by atoms with van der Waals surface area (Å²) in [6.07, 6.45) is 4.14. The number of aromatic amines is 1. The molecule has 0 atom stereocenters. The summed E-state index contributed by atoms with van der Waals surface area (Å²) in [6, 6.07) is 10.1. The second-order valence-corrected chi connectivity index (χ2v) is 9.17. The van der Waals surface area contributed by atoms with Crippen LogP contribution in [0.25, 0.3) is 10.2 Å². The molecule has 2 N–H and O–H groups in total. The van der Waals surface area contributed by atoms with E-state index in [9.17, 15) is 14.4 Å². The Labute approximate surface area is 179 Å². The maximum Gasteiger partial charge on any atom is 0.328 e. The van der Waals surface area contributed by atoms with Crippen molar-refractivity contribution in [3.05, 3.63) is 67.7 Å². The van der Waals surface area contributed by atoms with Crippen LogP contribution in [0.1, 0.15) is 36.8 Å². The SMILES string of the molecule is Cc1ccc(CCNC(=O)C2CCC(Cn3c(=O)[nH]c4ccsc4c3=O)CC2)cc1. The molecule has 4 rings (SSSR count). The number of carbonyl (C=O) groups excluding carboxylic acids is 1. The van der Waals surface area contributed by atoms with Gasteiger partial charge < -0.3 is 10.3 Å². The third-order valence-corrected chi connectivity index (χ3v) is 6.99. The summed E-state index contributed by atoms with van der Waals surface area (Å²) in [4.78, 5) is 40.2. The van der Waals surface area contributed by atoms with Gasteiger partial charge in [-0.05, 0) is 62.0 Å². The van der Waals surface area contributed by atoms with Crippen molar-refractivity contribution in [3.63, 3.8) is 0 Å². The number of hydrogen-bond acceptors (Lipinski definition) is 4. The third-order valence-electron chi connectivity index (χ3n) is 6.08. The summed E-state index contributed by atoms with van der Waals surface area (Å²) in [6.45, 7) is 3.13. The van der Waals surface area contributed by atoms with Crippen LogP contribution in [-0.4, -0.2) is 22.0 Å². The molecule has 158 valence electrons. The quantitative estimate of drug-likeness (QED) is 0.636. The molecule has 1 aliphatic carbocycles. The highest BCUT2D eigenvalue weighted by molar-refractivity contribution is 7.17. The normalized spacial score (nSPS) is 19.1. The molecule has 0 unspecified atom stereocenters. The van der Waals surface area contributed by atoms with Crippen LogP contribution in [0, 0.1) is 18.8 Å². The van der Waals surface area contributed by atoms with Crippen molar-refractivity contribution < 1.29 is 4.79 Å². The standard InChI is InChI=1S/C23H27N3O3S/c1-15-2-4-16(5-3-15)10-12-24-21(27)18-8-6-17(7-9-18)14-26-22(28)20-19(11-13-30-20)25-23(26)29/h2-5,11,13,17-18H,6-10,12,14H2,1H3,(H,24,27)(H,25,29). The second kappa shape index (κ2) is 9.00. The number of aromatic nitrogens is 2. The van der Waals surface area contributed by atoms with Gasteiger partial charge in [0.2, 0.25) is 5.91 Å². The summed E-state index contributed by atoms with van der Waals surface area (Å²) in [5.41, 5.74) is 2.51. The Morgan fingerprint density at radius 1 is 1.13 bits per heavy atom. The van der Waals surface area contributed by atoms with Crippen molar-refractivity contribution in [1.29, 1.82) is 0 Å². The molecule has 30 heavy (non-hydrogen) atoms. The highest BCUT2D eigenvalue weighted by atomic mass is 32.1. The first-order chi connectivity index (χ1) is 14.5. The lowest BCUT2D eigenvalue weighted by molar-refractivity contribution is -0.126. The Bertz CT molecular complexity index is 1130. The molecule has 0 aliphatic heterocycles. The van der Waals surface area contributed by atoms with Crippen LogP contribution in [0.2, 0.25) is 0 Å². The predicted octanol–water partition coefficient (Wildman–Crippen LogP) is 3.23. The van der Waals surface area contributed by atoms with Crippen molar-refractivity contribution in [1.82, 2.24) is 14.9 Å². The molecule has 1 fully saturated rings. The maximum absolute atomic E-state index is 12.6. The highest BCUT2D eigenvalue weighted by Gasteiger charge is 2.27. The van der Waals surface area contributed by atoms with E-state index in [1.807, 2.05) is 5.38 Å².